The minimum atomic E-state index is -0.263. The van der Waals surface area contributed by atoms with Crippen molar-refractivity contribution in [2.24, 2.45) is 0 Å². The molecule has 0 aromatic heterocycles. The third-order valence-corrected chi connectivity index (χ3v) is 4.96. The monoisotopic (exact) mass is 329 g/mol. The number of benzene rings is 1. The Morgan fingerprint density at radius 2 is 2.29 bits per heavy atom. The molecule has 116 valence electrons. The largest absolute Gasteiger partial charge is 0.394 e. The predicted molar refractivity (Wildman–Crippen MR) is 84.8 cm³/mol. The molecule has 1 heterocycles. The molecule has 1 aliphatic rings. The number of thioether (sulfide) groups is 1. The van der Waals surface area contributed by atoms with Crippen molar-refractivity contribution in [2.75, 3.05) is 25.5 Å². The molecule has 21 heavy (non-hydrogen) atoms. The summed E-state index contributed by atoms with van der Waals surface area (Å²) in [5.74, 6) is 0.792. The molecule has 6 heteroatoms. The summed E-state index contributed by atoms with van der Waals surface area (Å²) in [5, 5.41) is 9.87. The van der Waals surface area contributed by atoms with E-state index in [1.54, 1.807) is 16.7 Å². The highest BCUT2D eigenvalue weighted by molar-refractivity contribution is 7.99. The van der Waals surface area contributed by atoms with E-state index in [-0.39, 0.29) is 24.7 Å². The lowest BCUT2D eigenvalue weighted by molar-refractivity contribution is -0.145. The average Bonchev–Trinajstić information content (AvgIpc) is 2.49. The molecule has 1 amide bonds. The lowest BCUT2D eigenvalue weighted by atomic mass is 10.2. The van der Waals surface area contributed by atoms with E-state index in [0.29, 0.717) is 25.3 Å². The maximum Gasteiger partial charge on any atom is 0.223 e. The van der Waals surface area contributed by atoms with Gasteiger partial charge < -0.3 is 14.7 Å². The molecule has 0 spiro atoms. The molecular formula is C15H20ClNO3S. The second-order valence-corrected chi connectivity index (χ2v) is 6.61. The van der Waals surface area contributed by atoms with E-state index in [2.05, 4.69) is 0 Å². The molecule has 0 radical (unpaired) electrons. The summed E-state index contributed by atoms with van der Waals surface area (Å²) in [4.78, 5) is 15.1. The molecular weight excluding hydrogens is 310 g/mol. The second kappa shape index (κ2) is 8.03. The van der Waals surface area contributed by atoms with Crippen LogP contribution in [0.25, 0.3) is 0 Å². The number of carbonyl (C=O) groups excluding carboxylic acids is 1. The number of amides is 1. The SMILES string of the molecule is CC1COC(CO)CN1C(=O)CCSc1ccccc1Cl. The molecule has 0 aliphatic carbocycles. The highest BCUT2D eigenvalue weighted by Crippen LogP contribution is 2.27. The zero-order valence-corrected chi connectivity index (χ0v) is 13.6. The van der Waals surface area contributed by atoms with Gasteiger partial charge in [0, 0.05) is 23.6 Å². The number of ether oxygens (including phenoxy) is 1. The first-order valence-electron chi connectivity index (χ1n) is 7.01. The van der Waals surface area contributed by atoms with Crippen LogP contribution in [0.5, 0.6) is 0 Å². The van der Waals surface area contributed by atoms with Crippen LogP contribution < -0.4 is 0 Å². The van der Waals surface area contributed by atoms with Gasteiger partial charge in [-0.25, -0.2) is 0 Å². The first-order valence-corrected chi connectivity index (χ1v) is 8.37. The maximum atomic E-state index is 12.3. The second-order valence-electron chi connectivity index (χ2n) is 5.06. The zero-order chi connectivity index (χ0) is 15.2. The Morgan fingerprint density at radius 1 is 1.52 bits per heavy atom. The van der Waals surface area contributed by atoms with E-state index in [4.69, 9.17) is 21.4 Å². The molecule has 1 aromatic rings. The first-order chi connectivity index (χ1) is 10.1. The van der Waals surface area contributed by atoms with Gasteiger partial charge in [-0.2, -0.15) is 0 Å². The van der Waals surface area contributed by atoms with Gasteiger partial charge >= 0.3 is 0 Å². The topological polar surface area (TPSA) is 49.8 Å². The number of halogens is 1. The zero-order valence-electron chi connectivity index (χ0n) is 12.0. The quantitative estimate of drug-likeness (QED) is 0.843. The molecule has 0 bridgehead atoms. The maximum absolute atomic E-state index is 12.3. The van der Waals surface area contributed by atoms with Crippen molar-refractivity contribution in [1.82, 2.24) is 4.90 Å². The third-order valence-electron chi connectivity index (χ3n) is 3.44. The van der Waals surface area contributed by atoms with Gasteiger partial charge in [-0.15, -0.1) is 11.8 Å². The van der Waals surface area contributed by atoms with Crippen LogP contribution in [-0.4, -0.2) is 53.6 Å². The van der Waals surface area contributed by atoms with Crippen LogP contribution in [0.1, 0.15) is 13.3 Å². The van der Waals surface area contributed by atoms with Crippen LogP contribution in [0.15, 0.2) is 29.2 Å². The van der Waals surface area contributed by atoms with E-state index >= 15 is 0 Å². The molecule has 2 atom stereocenters. The lowest BCUT2D eigenvalue weighted by Gasteiger charge is -2.37. The smallest absolute Gasteiger partial charge is 0.223 e. The van der Waals surface area contributed by atoms with Crippen molar-refractivity contribution < 1.29 is 14.6 Å². The number of rotatable bonds is 5. The Labute approximate surface area is 134 Å². The van der Waals surface area contributed by atoms with Crippen LogP contribution in [0.2, 0.25) is 5.02 Å². The van der Waals surface area contributed by atoms with Crippen molar-refractivity contribution >= 4 is 29.3 Å². The molecule has 1 aliphatic heterocycles. The van der Waals surface area contributed by atoms with E-state index in [0.717, 1.165) is 9.92 Å². The average molecular weight is 330 g/mol. The summed E-state index contributed by atoms with van der Waals surface area (Å²) in [7, 11) is 0. The van der Waals surface area contributed by atoms with Gasteiger partial charge in [0.05, 0.1) is 30.4 Å². The molecule has 1 saturated heterocycles. The van der Waals surface area contributed by atoms with E-state index in [1.165, 1.54) is 0 Å². The molecule has 2 rings (SSSR count). The fourth-order valence-corrected chi connectivity index (χ4v) is 3.41. The van der Waals surface area contributed by atoms with Crippen LogP contribution in [0.4, 0.5) is 0 Å². The summed E-state index contributed by atoms with van der Waals surface area (Å²) >= 11 is 7.68. The minimum Gasteiger partial charge on any atom is -0.394 e. The third kappa shape index (κ3) is 4.61. The highest BCUT2D eigenvalue weighted by atomic mass is 35.5. The number of aliphatic hydroxyl groups excluding tert-OH is 1. The van der Waals surface area contributed by atoms with Gasteiger partial charge in [-0.1, -0.05) is 23.7 Å². The minimum absolute atomic E-state index is 0.0507. The van der Waals surface area contributed by atoms with Gasteiger partial charge in [0.2, 0.25) is 5.91 Å². The molecule has 1 N–H and O–H groups in total. The number of carbonyl (C=O) groups is 1. The summed E-state index contributed by atoms with van der Waals surface area (Å²) < 4.78 is 5.44. The normalized spacial score (nSPS) is 22.3. The Balaban J connectivity index is 1.82. The van der Waals surface area contributed by atoms with Crippen LogP contribution in [-0.2, 0) is 9.53 Å². The van der Waals surface area contributed by atoms with Crippen molar-refractivity contribution in [3.63, 3.8) is 0 Å². The number of hydrogen-bond acceptors (Lipinski definition) is 4. The Morgan fingerprint density at radius 3 is 3.00 bits per heavy atom. The van der Waals surface area contributed by atoms with Gasteiger partial charge in [0.1, 0.15) is 0 Å². The summed E-state index contributed by atoms with van der Waals surface area (Å²) in [5.41, 5.74) is 0. The fraction of sp³-hybridized carbons (Fsp3) is 0.533. The summed E-state index contributed by atoms with van der Waals surface area (Å²) in [6, 6.07) is 7.69. The van der Waals surface area contributed by atoms with Crippen molar-refractivity contribution in [1.29, 1.82) is 0 Å². The van der Waals surface area contributed by atoms with E-state index in [1.807, 2.05) is 31.2 Å². The first kappa shape index (κ1) is 16.6. The number of aliphatic hydroxyl groups is 1. The Hall–Kier alpha value is -0.750. The van der Waals surface area contributed by atoms with Gasteiger partial charge in [-0.3, -0.25) is 4.79 Å². The van der Waals surface area contributed by atoms with Gasteiger partial charge in [0.25, 0.3) is 0 Å². The van der Waals surface area contributed by atoms with Gasteiger partial charge in [-0.05, 0) is 19.1 Å². The molecule has 1 fully saturated rings. The van der Waals surface area contributed by atoms with Crippen LogP contribution >= 0.6 is 23.4 Å². The molecule has 0 saturated carbocycles. The van der Waals surface area contributed by atoms with Crippen LogP contribution in [0, 0.1) is 0 Å². The molecule has 2 unspecified atom stereocenters. The number of hydrogen-bond donors (Lipinski definition) is 1. The molecule has 4 nitrogen and oxygen atoms in total. The Bertz CT molecular complexity index is 486. The summed E-state index contributed by atoms with van der Waals surface area (Å²) in [6.45, 7) is 2.86. The van der Waals surface area contributed by atoms with Crippen molar-refractivity contribution in [2.45, 2.75) is 30.4 Å². The lowest BCUT2D eigenvalue weighted by Crippen LogP contribution is -2.52. The standard InChI is InChI=1S/C15H20ClNO3S/c1-11-10-20-12(9-18)8-17(11)15(19)6-7-21-14-5-3-2-4-13(14)16/h2-5,11-12,18H,6-10H2,1H3. The molecule has 1 aromatic carbocycles. The van der Waals surface area contributed by atoms with Crippen molar-refractivity contribution in [3.8, 4) is 0 Å². The van der Waals surface area contributed by atoms with E-state index in [9.17, 15) is 4.79 Å². The number of nitrogens with zero attached hydrogens (tertiary/aromatic N) is 1. The van der Waals surface area contributed by atoms with Crippen molar-refractivity contribution in [3.05, 3.63) is 29.3 Å². The summed E-state index contributed by atoms with van der Waals surface area (Å²) in [6.07, 6.45) is 0.194. The predicted octanol–water partition coefficient (Wildman–Crippen LogP) is 2.43. The van der Waals surface area contributed by atoms with Gasteiger partial charge in [0.15, 0.2) is 0 Å². The number of morpholine rings is 1. The fourth-order valence-electron chi connectivity index (χ4n) is 2.23. The Kier molecular flexibility index (Phi) is 6.36. The van der Waals surface area contributed by atoms with Crippen LogP contribution in [0.3, 0.4) is 0 Å². The van der Waals surface area contributed by atoms with E-state index < -0.39 is 0 Å². The highest BCUT2D eigenvalue weighted by Gasteiger charge is 2.28.